The van der Waals surface area contributed by atoms with E-state index in [4.69, 9.17) is 32.5 Å². The quantitative estimate of drug-likeness (QED) is 0.356. The predicted molar refractivity (Wildman–Crippen MR) is 136 cm³/mol. The van der Waals surface area contributed by atoms with Crippen LogP contribution in [0.15, 0.2) is 0 Å². The third-order valence-corrected chi connectivity index (χ3v) is 10.6. The van der Waals surface area contributed by atoms with Crippen molar-refractivity contribution in [3.8, 4) is 24.7 Å². The molecule has 0 radical (unpaired) electrons. The highest BCUT2D eigenvalue weighted by Crippen LogP contribution is 2.70. The van der Waals surface area contributed by atoms with Crippen molar-refractivity contribution in [2.45, 2.75) is 102 Å². The molecule has 0 amide bonds. The first-order valence-corrected chi connectivity index (χ1v) is 13.7. The fraction of sp³-hybridized carbons (Fsp3) is 0.733. The number of carbonyl (C=O) groups is 4. The summed E-state index contributed by atoms with van der Waals surface area (Å²) in [4.78, 5) is 46.9. The summed E-state index contributed by atoms with van der Waals surface area (Å²) in [5, 5.41) is 17.9. The minimum absolute atomic E-state index is 0.136. The van der Waals surface area contributed by atoms with E-state index >= 15 is 0 Å². The summed E-state index contributed by atoms with van der Waals surface area (Å²) in [5.41, 5.74) is -2.62. The van der Waals surface area contributed by atoms with Gasteiger partial charge in [0.25, 0.3) is 0 Å². The molecule has 0 saturated heterocycles. The van der Waals surface area contributed by atoms with E-state index in [9.17, 15) is 19.2 Å². The molecule has 0 aliphatic heterocycles. The standard InChI is InChI=1S/C30H38O8/c1-5-29(37-25(35)11-9-23(31)32)17-19-7-8-20-21(27(19,3)18-29)13-15-28(4)22(20)14-16-30(28,6-2)38-26(36)12-10-24(33)34/h1-2,19-22H,7-18H2,3-4H3,(H,31,32)(H,33,34). The van der Waals surface area contributed by atoms with Gasteiger partial charge in [-0.2, -0.15) is 0 Å². The molecule has 4 saturated carbocycles. The van der Waals surface area contributed by atoms with Crippen LogP contribution in [0.3, 0.4) is 0 Å². The molecule has 8 nitrogen and oxygen atoms in total. The van der Waals surface area contributed by atoms with Gasteiger partial charge in [-0.15, -0.1) is 12.8 Å². The lowest BCUT2D eigenvalue weighted by Gasteiger charge is -2.58. The van der Waals surface area contributed by atoms with Gasteiger partial charge in [-0.05, 0) is 67.6 Å². The Bertz CT molecular complexity index is 1100. The van der Waals surface area contributed by atoms with E-state index in [1.54, 1.807) is 0 Å². The molecule has 2 N–H and O–H groups in total. The highest BCUT2D eigenvalue weighted by atomic mass is 16.6. The number of aliphatic carboxylic acids is 2. The molecule has 8 heteroatoms. The highest BCUT2D eigenvalue weighted by molar-refractivity contribution is 5.77. The van der Waals surface area contributed by atoms with Gasteiger partial charge in [0.05, 0.1) is 25.7 Å². The van der Waals surface area contributed by atoms with Gasteiger partial charge in [0.2, 0.25) is 0 Å². The fourth-order valence-corrected chi connectivity index (χ4v) is 8.81. The van der Waals surface area contributed by atoms with Crippen molar-refractivity contribution in [3.05, 3.63) is 0 Å². The first-order valence-electron chi connectivity index (χ1n) is 13.7. The van der Waals surface area contributed by atoms with Crippen molar-refractivity contribution in [3.63, 3.8) is 0 Å². The van der Waals surface area contributed by atoms with Gasteiger partial charge >= 0.3 is 23.9 Å². The number of carbonyl (C=O) groups excluding carboxylic acids is 2. The number of carboxylic acid groups (broad SMARTS) is 2. The van der Waals surface area contributed by atoms with Crippen LogP contribution in [0.4, 0.5) is 0 Å². The van der Waals surface area contributed by atoms with Gasteiger partial charge in [-0.1, -0.05) is 25.7 Å². The number of esters is 2. The number of fused-ring (bicyclic) bond motifs is 5. The average molecular weight is 527 g/mol. The van der Waals surface area contributed by atoms with Gasteiger partial charge in [-0.3, -0.25) is 19.2 Å². The number of ether oxygens (including phenoxy) is 2. The molecule has 0 spiro atoms. The van der Waals surface area contributed by atoms with Crippen LogP contribution in [0.1, 0.15) is 90.9 Å². The number of carboxylic acids is 2. The second kappa shape index (κ2) is 9.95. The van der Waals surface area contributed by atoms with E-state index in [0.717, 1.165) is 32.1 Å². The lowest BCUT2D eigenvalue weighted by molar-refractivity contribution is -0.175. The van der Waals surface area contributed by atoms with Crippen LogP contribution in [0, 0.1) is 59.2 Å². The maximum Gasteiger partial charge on any atom is 0.307 e. The summed E-state index contributed by atoms with van der Waals surface area (Å²) in [5.74, 6) is 3.63. The van der Waals surface area contributed by atoms with Crippen LogP contribution in [0.25, 0.3) is 0 Å². The molecule has 0 bridgehead atoms. The second-order valence-corrected chi connectivity index (χ2v) is 12.4. The van der Waals surface area contributed by atoms with Gasteiger partial charge < -0.3 is 19.7 Å². The van der Waals surface area contributed by atoms with Crippen LogP contribution in [-0.2, 0) is 28.7 Å². The topological polar surface area (TPSA) is 127 Å². The lowest BCUT2D eigenvalue weighted by Crippen LogP contribution is -2.55. The molecule has 8 atom stereocenters. The van der Waals surface area contributed by atoms with Gasteiger partial charge in [-0.25, -0.2) is 0 Å². The van der Waals surface area contributed by atoms with Crippen LogP contribution < -0.4 is 0 Å². The van der Waals surface area contributed by atoms with E-state index in [1.165, 1.54) is 0 Å². The van der Waals surface area contributed by atoms with Crippen molar-refractivity contribution in [2.75, 3.05) is 0 Å². The first-order chi connectivity index (χ1) is 17.8. The van der Waals surface area contributed by atoms with E-state index in [0.29, 0.717) is 37.0 Å². The van der Waals surface area contributed by atoms with Gasteiger partial charge in [0.15, 0.2) is 11.2 Å². The molecule has 0 aromatic rings. The maximum atomic E-state index is 12.6. The Morgan fingerprint density at radius 2 is 1.42 bits per heavy atom. The summed E-state index contributed by atoms with van der Waals surface area (Å²) in [7, 11) is 0. The fourth-order valence-electron chi connectivity index (χ4n) is 8.81. The highest BCUT2D eigenvalue weighted by Gasteiger charge is 2.68. The molecule has 4 aliphatic rings. The number of hydrogen-bond donors (Lipinski definition) is 2. The smallest absolute Gasteiger partial charge is 0.307 e. The largest absolute Gasteiger partial charge is 0.481 e. The Labute approximate surface area is 224 Å². The molecular weight excluding hydrogens is 488 g/mol. The summed E-state index contributed by atoms with van der Waals surface area (Å²) in [6, 6.07) is 0. The van der Waals surface area contributed by atoms with Crippen molar-refractivity contribution in [2.24, 2.45) is 34.5 Å². The molecule has 4 fully saturated rings. The van der Waals surface area contributed by atoms with Crippen molar-refractivity contribution in [1.29, 1.82) is 0 Å². The molecule has 4 aliphatic carbocycles. The zero-order chi connectivity index (χ0) is 27.9. The minimum atomic E-state index is -1.05. The van der Waals surface area contributed by atoms with Crippen LogP contribution in [0.2, 0.25) is 0 Å². The third kappa shape index (κ3) is 4.57. The van der Waals surface area contributed by atoms with E-state index in [-0.39, 0.29) is 37.0 Å². The summed E-state index contributed by atoms with van der Waals surface area (Å²) >= 11 is 0. The summed E-state index contributed by atoms with van der Waals surface area (Å²) in [6.45, 7) is 4.39. The molecule has 38 heavy (non-hydrogen) atoms. The van der Waals surface area contributed by atoms with Crippen molar-refractivity contribution in [1.82, 2.24) is 0 Å². The zero-order valence-electron chi connectivity index (χ0n) is 22.3. The molecule has 0 heterocycles. The number of terminal acetylenes is 2. The molecule has 8 unspecified atom stereocenters. The number of hydrogen-bond acceptors (Lipinski definition) is 6. The van der Waals surface area contributed by atoms with Crippen LogP contribution >= 0.6 is 0 Å². The Hall–Kier alpha value is -3.00. The average Bonchev–Trinajstić information content (AvgIpc) is 3.32. The Balaban J connectivity index is 1.53. The summed E-state index contributed by atoms with van der Waals surface area (Å²) < 4.78 is 11.7. The van der Waals surface area contributed by atoms with Crippen molar-refractivity contribution < 1.29 is 38.9 Å². The number of rotatable bonds is 8. The Morgan fingerprint density at radius 3 is 2.00 bits per heavy atom. The van der Waals surface area contributed by atoms with E-state index in [1.807, 2.05) is 0 Å². The minimum Gasteiger partial charge on any atom is -0.481 e. The maximum absolute atomic E-state index is 12.6. The SMILES string of the molecule is C#CC1(OC(=O)CCC(=O)O)CC2CCC3C(CCC4(C)C3CCC4(C#C)OC(=O)CCC(=O)O)C2(C)C1. The van der Waals surface area contributed by atoms with Crippen molar-refractivity contribution >= 4 is 23.9 Å². The molecule has 0 aromatic heterocycles. The Kier molecular flexibility index (Phi) is 7.34. The Morgan fingerprint density at radius 1 is 0.816 bits per heavy atom. The van der Waals surface area contributed by atoms with E-state index in [2.05, 4.69) is 25.7 Å². The molecule has 4 rings (SSSR count). The monoisotopic (exact) mass is 526 g/mol. The van der Waals surface area contributed by atoms with Crippen LogP contribution in [0.5, 0.6) is 0 Å². The second-order valence-electron chi connectivity index (χ2n) is 12.4. The summed E-state index contributed by atoms with van der Waals surface area (Å²) in [6.07, 6.45) is 17.1. The van der Waals surface area contributed by atoms with Gasteiger partial charge in [0, 0.05) is 18.3 Å². The van der Waals surface area contributed by atoms with Crippen LogP contribution in [-0.4, -0.2) is 45.3 Å². The molecule has 0 aromatic carbocycles. The normalized spacial score (nSPS) is 40.9. The van der Waals surface area contributed by atoms with E-state index < -0.39 is 40.5 Å². The zero-order valence-corrected chi connectivity index (χ0v) is 22.3. The lowest BCUT2D eigenvalue weighted by atomic mass is 9.47. The third-order valence-electron chi connectivity index (χ3n) is 10.6. The van der Waals surface area contributed by atoms with Gasteiger partial charge in [0.1, 0.15) is 0 Å². The predicted octanol–water partition coefficient (Wildman–Crippen LogP) is 4.20. The molecular formula is C30H38O8. The first kappa shape index (κ1) is 28.0. The molecule has 206 valence electrons.